The summed E-state index contributed by atoms with van der Waals surface area (Å²) in [5.74, 6) is -0.128. The molecule has 3 aromatic rings. The summed E-state index contributed by atoms with van der Waals surface area (Å²) in [5, 5.41) is 6.40. The smallest absolute Gasteiger partial charge is 0.348 e. The Morgan fingerprint density at radius 1 is 1.16 bits per heavy atom. The van der Waals surface area contributed by atoms with Crippen LogP contribution in [0.25, 0.3) is 10.9 Å². The number of rotatable bonds is 6. The molecule has 8 heteroatoms. The first-order chi connectivity index (χ1) is 15.0. The molecule has 1 aliphatic rings. The third kappa shape index (κ3) is 4.92. The van der Waals surface area contributed by atoms with Gasteiger partial charge in [-0.2, -0.15) is 4.98 Å². The van der Waals surface area contributed by atoms with Crippen LogP contribution in [0.2, 0.25) is 0 Å². The second kappa shape index (κ2) is 9.28. The molecule has 8 nitrogen and oxygen atoms in total. The zero-order chi connectivity index (χ0) is 21.8. The van der Waals surface area contributed by atoms with Crippen LogP contribution in [-0.4, -0.2) is 48.6 Å². The van der Waals surface area contributed by atoms with Gasteiger partial charge in [-0.15, -0.1) is 0 Å². The molecule has 0 saturated carbocycles. The van der Waals surface area contributed by atoms with Crippen LogP contribution in [0.15, 0.2) is 51.7 Å². The van der Waals surface area contributed by atoms with Gasteiger partial charge >= 0.3 is 5.63 Å². The topological polar surface area (TPSA) is 96.7 Å². The van der Waals surface area contributed by atoms with E-state index in [1.165, 1.54) is 0 Å². The van der Waals surface area contributed by atoms with E-state index in [0.29, 0.717) is 35.4 Å². The molecule has 0 unspecified atom stereocenters. The highest BCUT2D eigenvalue weighted by Gasteiger charge is 2.17. The standard InChI is InChI=1S/C23H26N4O4/c1-15-18(25-20(28)14-27-10-12-30-13-11-27)8-9-19-21(15)22(29)31-23(26-19)24-16(2)17-6-4-3-5-7-17/h3-9,16H,10-14H2,1-2H3,(H,24,26)(H,25,28)/t16-/m0/s1. The number of aromatic nitrogens is 1. The molecular formula is C23H26N4O4. The second-order valence-corrected chi connectivity index (χ2v) is 7.65. The zero-order valence-corrected chi connectivity index (χ0v) is 17.7. The molecule has 1 aromatic heterocycles. The minimum absolute atomic E-state index is 0.0749. The number of amides is 1. The summed E-state index contributed by atoms with van der Waals surface area (Å²) in [6, 6.07) is 13.4. The molecule has 0 radical (unpaired) electrons. The van der Waals surface area contributed by atoms with Gasteiger partial charge in [-0.1, -0.05) is 30.3 Å². The number of morpholine rings is 1. The van der Waals surface area contributed by atoms with Gasteiger partial charge in [-0.05, 0) is 37.1 Å². The first kappa shape index (κ1) is 21.0. The summed E-state index contributed by atoms with van der Waals surface area (Å²) >= 11 is 0. The summed E-state index contributed by atoms with van der Waals surface area (Å²) in [5.41, 5.74) is 2.30. The lowest BCUT2D eigenvalue weighted by atomic mass is 10.1. The monoisotopic (exact) mass is 422 g/mol. The third-order valence-corrected chi connectivity index (χ3v) is 5.44. The van der Waals surface area contributed by atoms with E-state index in [1.54, 1.807) is 19.1 Å². The predicted octanol–water partition coefficient (Wildman–Crippen LogP) is 2.94. The van der Waals surface area contributed by atoms with E-state index < -0.39 is 5.63 Å². The summed E-state index contributed by atoms with van der Waals surface area (Å²) in [4.78, 5) is 31.7. The van der Waals surface area contributed by atoms with Crippen molar-refractivity contribution in [3.63, 3.8) is 0 Å². The van der Waals surface area contributed by atoms with Crippen LogP contribution in [0.5, 0.6) is 0 Å². The van der Waals surface area contributed by atoms with Gasteiger partial charge in [0.25, 0.3) is 6.01 Å². The number of hydrogen-bond acceptors (Lipinski definition) is 7. The fourth-order valence-corrected chi connectivity index (χ4v) is 3.68. The lowest BCUT2D eigenvalue weighted by molar-refractivity contribution is -0.118. The molecule has 0 aliphatic carbocycles. The first-order valence-corrected chi connectivity index (χ1v) is 10.4. The predicted molar refractivity (Wildman–Crippen MR) is 119 cm³/mol. The molecule has 1 saturated heterocycles. The number of fused-ring (bicyclic) bond motifs is 1. The van der Waals surface area contributed by atoms with Crippen molar-refractivity contribution in [3.8, 4) is 0 Å². The van der Waals surface area contributed by atoms with E-state index in [1.807, 2.05) is 42.2 Å². The lowest BCUT2D eigenvalue weighted by Crippen LogP contribution is -2.41. The molecule has 2 N–H and O–H groups in total. The van der Waals surface area contributed by atoms with Crippen molar-refractivity contribution in [2.45, 2.75) is 19.9 Å². The summed E-state index contributed by atoms with van der Waals surface area (Å²) in [7, 11) is 0. The number of aryl methyl sites for hydroxylation is 1. The van der Waals surface area contributed by atoms with E-state index in [0.717, 1.165) is 18.7 Å². The maximum absolute atomic E-state index is 12.7. The molecule has 1 aliphatic heterocycles. The minimum Gasteiger partial charge on any atom is -0.389 e. The van der Waals surface area contributed by atoms with Gasteiger partial charge in [0.2, 0.25) is 5.91 Å². The molecule has 162 valence electrons. The Morgan fingerprint density at radius 3 is 2.65 bits per heavy atom. The van der Waals surface area contributed by atoms with Crippen molar-refractivity contribution in [3.05, 3.63) is 64.0 Å². The van der Waals surface area contributed by atoms with Crippen LogP contribution in [0, 0.1) is 6.92 Å². The first-order valence-electron chi connectivity index (χ1n) is 10.4. The van der Waals surface area contributed by atoms with E-state index >= 15 is 0 Å². The average Bonchev–Trinajstić information content (AvgIpc) is 2.77. The van der Waals surface area contributed by atoms with E-state index in [4.69, 9.17) is 9.15 Å². The number of carbonyl (C=O) groups excluding carboxylic acids is 1. The Labute approximate surface area is 180 Å². The highest BCUT2D eigenvalue weighted by Crippen LogP contribution is 2.24. The van der Waals surface area contributed by atoms with Gasteiger partial charge in [0.1, 0.15) is 0 Å². The Bertz CT molecular complexity index is 1120. The minimum atomic E-state index is -0.491. The van der Waals surface area contributed by atoms with Crippen molar-refractivity contribution in [2.75, 3.05) is 43.5 Å². The molecule has 2 aromatic carbocycles. The average molecular weight is 422 g/mol. The number of carbonyl (C=O) groups is 1. The molecule has 31 heavy (non-hydrogen) atoms. The Balaban J connectivity index is 1.52. The largest absolute Gasteiger partial charge is 0.389 e. The maximum atomic E-state index is 12.7. The van der Waals surface area contributed by atoms with E-state index in [-0.39, 0.29) is 24.5 Å². The second-order valence-electron chi connectivity index (χ2n) is 7.65. The molecule has 4 rings (SSSR count). The van der Waals surface area contributed by atoms with Gasteiger partial charge in [-0.25, -0.2) is 4.79 Å². The van der Waals surface area contributed by atoms with Crippen LogP contribution in [0.1, 0.15) is 24.1 Å². The molecule has 2 heterocycles. The molecule has 0 spiro atoms. The van der Waals surface area contributed by atoms with Crippen molar-refractivity contribution < 1.29 is 13.9 Å². The van der Waals surface area contributed by atoms with E-state index in [2.05, 4.69) is 15.6 Å². The summed E-state index contributed by atoms with van der Waals surface area (Å²) < 4.78 is 10.7. The van der Waals surface area contributed by atoms with Gasteiger partial charge in [-0.3, -0.25) is 9.69 Å². The fraction of sp³-hybridized carbons (Fsp3) is 0.348. The van der Waals surface area contributed by atoms with Crippen LogP contribution in [0.3, 0.4) is 0 Å². The number of ether oxygens (including phenoxy) is 1. The molecule has 0 bridgehead atoms. The highest BCUT2D eigenvalue weighted by molar-refractivity contribution is 5.96. The SMILES string of the molecule is Cc1c(NC(=O)CN2CCOCC2)ccc2nc(N[C@@H](C)c3ccccc3)oc(=O)c12. The van der Waals surface area contributed by atoms with Crippen LogP contribution in [-0.2, 0) is 9.53 Å². The maximum Gasteiger partial charge on any atom is 0.348 e. The third-order valence-electron chi connectivity index (χ3n) is 5.44. The Morgan fingerprint density at radius 2 is 1.90 bits per heavy atom. The Kier molecular flexibility index (Phi) is 6.29. The van der Waals surface area contributed by atoms with Crippen LogP contribution in [0.4, 0.5) is 11.7 Å². The van der Waals surface area contributed by atoms with Gasteiger partial charge in [0.05, 0.1) is 36.7 Å². The Hall–Kier alpha value is -3.23. The number of nitrogens with zero attached hydrogens (tertiary/aromatic N) is 2. The number of benzene rings is 2. The normalized spacial score (nSPS) is 15.5. The van der Waals surface area contributed by atoms with Crippen molar-refractivity contribution in [1.29, 1.82) is 0 Å². The zero-order valence-electron chi connectivity index (χ0n) is 17.7. The van der Waals surface area contributed by atoms with Crippen molar-refractivity contribution >= 4 is 28.5 Å². The molecular weight excluding hydrogens is 396 g/mol. The highest BCUT2D eigenvalue weighted by atomic mass is 16.5. The molecule has 1 atom stereocenters. The lowest BCUT2D eigenvalue weighted by Gasteiger charge is -2.25. The van der Waals surface area contributed by atoms with Gasteiger partial charge in [0, 0.05) is 18.8 Å². The van der Waals surface area contributed by atoms with Crippen molar-refractivity contribution in [2.24, 2.45) is 0 Å². The van der Waals surface area contributed by atoms with Gasteiger partial charge < -0.3 is 19.8 Å². The van der Waals surface area contributed by atoms with Crippen LogP contribution >= 0.6 is 0 Å². The number of hydrogen-bond donors (Lipinski definition) is 2. The summed E-state index contributed by atoms with van der Waals surface area (Å²) in [6.07, 6.45) is 0. The number of nitrogens with one attached hydrogen (secondary N) is 2. The summed E-state index contributed by atoms with van der Waals surface area (Å²) in [6.45, 7) is 6.77. The van der Waals surface area contributed by atoms with Crippen molar-refractivity contribution in [1.82, 2.24) is 9.88 Å². The van der Waals surface area contributed by atoms with Gasteiger partial charge in [0.15, 0.2) is 0 Å². The molecule has 1 amide bonds. The number of anilines is 2. The quantitative estimate of drug-likeness (QED) is 0.630. The molecule has 1 fully saturated rings. The van der Waals surface area contributed by atoms with E-state index in [9.17, 15) is 9.59 Å². The van der Waals surface area contributed by atoms with Crippen LogP contribution < -0.4 is 16.3 Å². The fourth-order valence-electron chi connectivity index (χ4n) is 3.68.